The molecule has 48 valence electrons. The Hall–Kier alpha value is -0.480. The van der Waals surface area contributed by atoms with E-state index in [1.54, 1.807) is 0 Å². The minimum Gasteiger partial charge on any atom is -0.377 e. The second-order valence-corrected chi connectivity index (χ2v) is 3.21. The quantitative estimate of drug-likeness (QED) is 0.471. The van der Waals surface area contributed by atoms with E-state index in [4.69, 9.17) is 6.42 Å². The van der Waals surface area contributed by atoms with Crippen molar-refractivity contribution >= 4 is 0 Å². The molecule has 0 radical (unpaired) electrons. The van der Waals surface area contributed by atoms with Crippen LogP contribution in [0.4, 0.5) is 0 Å². The summed E-state index contributed by atoms with van der Waals surface area (Å²) in [6.45, 7) is 0. The van der Waals surface area contributed by atoms with Gasteiger partial charge in [-0.3, -0.25) is 0 Å². The van der Waals surface area contributed by atoms with Gasteiger partial charge in [-0.2, -0.15) is 0 Å². The van der Waals surface area contributed by atoms with E-state index in [1.807, 2.05) is 0 Å². The summed E-state index contributed by atoms with van der Waals surface area (Å²) in [4.78, 5) is 0. The maximum atomic E-state index is 9.57. The van der Waals surface area contributed by atoms with E-state index >= 15 is 0 Å². The number of terminal acetylenes is 1. The van der Waals surface area contributed by atoms with Crippen LogP contribution in [0.15, 0.2) is 0 Å². The Morgan fingerprint density at radius 3 is 2.67 bits per heavy atom. The monoisotopic (exact) mass is 122 g/mol. The van der Waals surface area contributed by atoms with E-state index in [2.05, 4.69) is 5.92 Å². The minimum atomic E-state index is -0.704. The SMILES string of the molecule is C#CC1(O)CCC2CC21. The van der Waals surface area contributed by atoms with Gasteiger partial charge in [-0.1, -0.05) is 5.92 Å². The van der Waals surface area contributed by atoms with Gasteiger partial charge in [-0.05, 0) is 25.2 Å². The van der Waals surface area contributed by atoms with E-state index in [9.17, 15) is 5.11 Å². The van der Waals surface area contributed by atoms with Crippen molar-refractivity contribution < 1.29 is 5.11 Å². The average Bonchev–Trinajstić information content (AvgIpc) is 2.58. The molecule has 0 bridgehead atoms. The van der Waals surface area contributed by atoms with Gasteiger partial charge in [0.2, 0.25) is 0 Å². The molecular formula is C8H10O. The van der Waals surface area contributed by atoms with Crippen LogP contribution in [0.1, 0.15) is 19.3 Å². The fourth-order valence-corrected chi connectivity index (χ4v) is 1.92. The largest absolute Gasteiger partial charge is 0.377 e. The molecule has 0 spiro atoms. The fraction of sp³-hybridized carbons (Fsp3) is 0.750. The molecule has 0 aromatic carbocycles. The summed E-state index contributed by atoms with van der Waals surface area (Å²) in [5.74, 6) is 3.72. The summed E-state index contributed by atoms with van der Waals surface area (Å²) in [5.41, 5.74) is -0.704. The highest BCUT2D eigenvalue weighted by Crippen LogP contribution is 2.57. The number of rotatable bonds is 0. The number of aliphatic hydroxyl groups is 1. The van der Waals surface area contributed by atoms with Gasteiger partial charge in [0.25, 0.3) is 0 Å². The topological polar surface area (TPSA) is 20.2 Å². The van der Waals surface area contributed by atoms with E-state index in [0.29, 0.717) is 5.92 Å². The molecule has 0 aromatic heterocycles. The standard InChI is InChI=1S/C8H10O/c1-2-8(9)4-3-6-5-7(6)8/h1,6-7,9H,3-5H2. The molecule has 2 fully saturated rings. The highest BCUT2D eigenvalue weighted by atomic mass is 16.3. The van der Waals surface area contributed by atoms with Crippen LogP contribution in [0.2, 0.25) is 0 Å². The summed E-state index contributed by atoms with van der Waals surface area (Å²) in [5, 5.41) is 9.57. The fourth-order valence-electron chi connectivity index (χ4n) is 1.92. The van der Waals surface area contributed by atoms with Gasteiger partial charge in [-0.25, -0.2) is 0 Å². The molecule has 0 aliphatic heterocycles. The molecular weight excluding hydrogens is 112 g/mol. The van der Waals surface area contributed by atoms with Crippen molar-refractivity contribution in [2.45, 2.75) is 24.9 Å². The third kappa shape index (κ3) is 0.544. The first-order chi connectivity index (χ1) is 4.26. The van der Waals surface area contributed by atoms with Crippen molar-refractivity contribution in [2.24, 2.45) is 11.8 Å². The summed E-state index contributed by atoms with van der Waals surface area (Å²) in [6, 6.07) is 0. The first-order valence-electron chi connectivity index (χ1n) is 3.46. The lowest BCUT2D eigenvalue weighted by Gasteiger charge is -2.15. The van der Waals surface area contributed by atoms with Crippen LogP contribution in [-0.4, -0.2) is 10.7 Å². The zero-order valence-electron chi connectivity index (χ0n) is 5.30. The minimum absolute atomic E-state index is 0.461. The van der Waals surface area contributed by atoms with Gasteiger partial charge in [0.15, 0.2) is 0 Å². The Bertz CT molecular complexity index is 179. The van der Waals surface area contributed by atoms with Crippen LogP contribution in [0.25, 0.3) is 0 Å². The zero-order chi connectivity index (χ0) is 6.48. The number of hydrogen-bond donors (Lipinski definition) is 1. The van der Waals surface area contributed by atoms with Gasteiger partial charge in [0.1, 0.15) is 5.60 Å². The molecule has 1 heteroatoms. The molecule has 1 nitrogen and oxygen atoms in total. The van der Waals surface area contributed by atoms with Crippen LogP contribution in [0.5, 0.6) is 0 Å². The Labute approximate surface area is 55.1 Å². The lowest BCUT2D eigenvalue weighted by Crippen LogP contribution is -2.25. The Balaban J connectivity index is 2.23. The molecule has 3 atom stereocenters. The van der Waals surface area contributed by atoms with E-state index in [1.165, 1.54) is 6.42 Å². The van der Waals surface area contributed by atoms with Gasteiger partial charge in [0.05, 0.1) is 0 Å². The normalized spacial score (nSPS) is 54.2. The molecule has 9 heavy (non-hydrogen) atoms. The number of fused-ring (bicyclic) bond motifs is 1. The molecule has 2 saturated carbocycles. The third-order valence-corrected chi connectivity index (χ3v) is 2.68. The van der Waals surface area contributed by atoms with Crippen molar-refractivity contribution in [3.05, 3.63) is 0 Å². The number of hydrogen-bond acceptors (Lipinski definition) is 1. The molecule has 3 unspecified atom stereocenters. The Kier molecular flexibility index (Phi) is 0.784. The first kappa shape index (κ1) is 5.32. The Morgan fingerprint density at radius 1 is 1.67 bits per heavy atom. The third-order valence-electron chi connectivity index (χ3n) is 2.68. The highest BCUT2D eigenvalue weighted by Gasteiger charge is 2.56. The van der Waals surface area contributed by atoms with E-state index < -0.39 is 5.60 Å². The van der Waals surface area contributed by atoms with Crippen molar-refractivity contribution in [3.63, 3.8) is 0 Å². The van der Waals surface area contributed by atoms with E-state index in [0.717, 1.165) is 18.8 Å². The maximum absolute atomic E-state index is 9.57. The molecule has 0 amide bonds. The molecule has 0 aromatic rings. The molecule has 0 heterocycles. The highest BCUT2D eigenvalue weighted by molar-refractivity contribution is 5.21. The molecule has 0 saturated heterocycles. The summed E-state index contributed by atoms with van der Waals surface area (Å²) < 4.78 is 0. The second kappa shape index (κ2) is 1.33. The molecule has 1 N–H and O–H groups in total. The zero-order valence-corrected chi connectivity index (χ0v) is 5.30. The molecule has 2 aliphatic rings. The summed E-state index contributed by atoms with van der Waals surface area (Å²) in [6.07, 6.45) is 8.33. The second-order valence-electron chi connectivity index (χ2n) is 3.21. The van der Waals surface area contributed by atoms with Gasteiger partial charge >= 0.3 is 0 Å². The predicted molar refractivity (Wildman–Crippen MR) is 34.6 cm³/mol. The molecule has 2 aliphatic carbocycles. The van der Waals surface area contributed by atoms with Crippen molar-refractivity contribution in [2.75, 3.05) is 0 Å². The van der Waals surface area contributed by atoms with Crippen molar-refractivity contribution in [3.8, 4) is 12.3 Å². The maximum Gasteiger partial charge on any atom is 0.128 e. The van der Waals surface area contributed by atoms with Gasteiger partial charge in [-0.15, -0.1) is 6.42 Å². The Morgan fingerprint density at radius 2 is 2.44 bits per heavy atom. The lowest BCUT2D eigenvalue weighted by atomic mass is 9.99. The summed E-state index contributed by atoms with van der Waals surface area (Å²) in [7, 11) is 0. The smallest absolute Gasteiger partial charge is 0.128 e. The van der Waals surface area contributed by atoms with E-state index in [-0.39, 0.29) is 0 Å². The van der Waals surface area contributed by atoms with Gasteiger partial charge in [0, 0.05) is 5.92 Å². The first-order valence-corrected chi connectivity index (χ1v) is 3.46. The average molecular weight is 122 g/mol. The predicted octanol–water partition coefficient (Wildman–Crippen LogP) is 0.781. The lowest BCUT2D eigenvalue weighted by molar-refractivity contribution is 0.0860. The van der Waals surface area contributed by atoms with Crippen LogP contribution in [-0.2, 0) is 0 Å². The summed E-state index contributed by atoms with van der Waals surface area (Å²) >= 11 is 0. The molecule has 2 rings (SSSR count). The van der Waals surface area contributed by atoms with Crippen LogP contribution in [0.3, 0.4) is 0 Å². The van der Waals surface area contributed by atoms with Gasteiger partial charge < -0.3 is 5.11 Å². The van der Waals surface area contributed by atoms with Crippen LogP contribution >= 0.6 is 0 Å². The van der Waals surface area contributed by atoms with Crippen molar-refractivity contribution in [1.82, 2.24) is 0 Å². The van der Waals surface area contributed by atoms with Crippen LogP contribution < -0.4 is 0 Å². The van der Waals surface area contributed by atoms with Crippen LogP contribution in [0, 0.1) is 24.2 Å². The van der Waals surface area contributed by atoms with Crippen molar-refractivity contribution in [1.29, 1.82) is 0 Å².